The van der Waals surface area contributed by atoms with Gasteiger partial charge in [0.05, 0.1) is 31.5 Å². The lowest BCUT2D eigenvalue weighted by atomic mass is 10.1. The number of benzene rings is 1. The summed E-state index contributed by atoms with van der Waals surface area (Å²) < 4.78 is 16.5. The number of rotatable bonds is 4. The molecule has 128 valence electrons. The first kappa shape index (κ1) is 15.5. The third kappa shape index (κ3) is 3.15. The quantitative estimate of drug-likeness (QED) is 0.731. The summed E-state index contributed by atoms with van der Waals surface area (Å²) in [5.74, 6) is 1.96. The molecule has 1 aromatic carbocycles. The molecule has 0 fully saturated rings. The van der Waals surface area contributed by atoms with Gasteiger partial charge >= 0.3 is 0 Å². The molecule has 0 aliphatic carbocycles. The second kappa shape index (κ2) is 6.47. The Labute approximate surface area is 145 Å². The lowest BCUT2D eigenvalue weighted by Crippen LogP contribution is -2.31. The Hall–Kier alpha value is -3.02. The average Bonchev–Trinajstić information content (AvgIpc) is 3.07. The summed E-state index contributed by atoms with van der Waals surface area (Å²) in [7, 11) is 0. The Morgan fingerprint density at radius 2 is 2.20 bits per heavy atom. The monoisotopic (exact) mass is 338 g/mol. The number of ether oxygens (including phenoxy) is 2. The van der Waals surface area contributed by atoms with Crippen LogP contribution in [0.3, 0.4) is 0 Å². The second-order valence-corrected chi connectivity index (χ2v) is 5.86. The standard InChI is InChI=1S/C19H18N2O4/c1-2-23-15-5-6-17-13(9-15)8-14-10-21(11-16-4-3-7-24-16)18(22)12-25-19(14)20-17/h3-9H,2,10-12H2,1H3. The van der Waals surface area contributed by atoms with Crippen LogP contribution >= 0.6 is 0 Å². The van der Waals surface area contributed by atoms with Gasteiger partial charge in [0, 0.05) is 10.9 Å². The topological polar surface area (TPSA) is 64.8 Å². The molecule has 6 heteroatoms. The van der Waals surface area contributed by atoms with E-state index in [1.165, 1.54) is 0 Å². The number of hydrogen-bond acceptors (Lipinski definition) is 5. The van der Waals surface area contributed by atoms with Gasteiger partial charge in [0.15, 0.2) is 6.61 Å². The van der Waals surface area contributed by atoms with Crippen molar-refractivity contribution < 1.29 is 18.7 Å². The van der Waals surface area contributed by atoms with E-state index in [2.05, 4.69) is 4.98 Å². The maximum Gasteiger partial charge on any atom is 0.261 e. The third-order valence-electron chi connectivity index (χ3n) is 4.11. The normalized spacial score (nSPS) is 14.1. The molecule has 3 heterocycles. The Morgan fingerprint density at radius 1 is 1.28 bits per heavy atom. The van der Waals surface area contributed by atoms with Crippen molar-refractivity contribution >= 4 is 16.8 Å². The van der Waals surface area contributed by atoms with E-state index in [9.17, 15) is 4.79 Å². The van der Waals surface area contributed by atoms with Gasteiger partial charge in [0.1, 0.15) is 11.5 Å². The number of amides is 1. The fourth-order valence-corrected chi connectivity index (χ4v) is 2.93. The van der Waals surface area contributed by atoms with E-state index in [4.69, 9.17) is 13.9 Å². The lowest BCUT2D eigenvalue weighted by molar-refractivity contribution is -0.134. The van der Waals surface area contributed by atoms with E-state index in [-0.39, 0.29) is 12.5 Å². The average molecular weight is 338 g/mol. The predicted molar refractivity (Wildman–Crippen MR) is 91.4 cm³/mol. The first-order valence-electron chi connectivity index (χ1n) is 8.22. The SMILES string of the molecule is CCOc1ccc2nc3c(cc2c1)CN(Cc1ccco1)C(=O)CO3. The number of carbonyl (C=O) groups excluding carboxylic acids is 1. The van der Waals surface area contributed by atoms with Gasteiger partial charge in [0.2, 0.25) is 5.88 Å². The molecule has 1 aliphatic heterocycles. The summed E-state index contributed by atoms with van der Waals surface area (Å²) in [6.07, 6.45) is 1.60. The first-order chi connectivity index (χ1) is 12.2. The number of aromatic nitrogens is 1. The van der Waals surface area contributed by atoms with Crippen molar-refractivity contribution in [3.8, 4) is 11.6 Å². The van der Waals surface area contributed by atoms with Crippen molar-refractivity contribution in [2.75, 3.05) is 13.2 Å². The Morgan fingerprint density at radius 3 is 3.00 bits per heavy atom. The van der Waals surface area contributed by atoms with Crippen LogP contribution in [0, 0.1) is 0 Å². The van der Waals surface area contributed by atoms with Crippen LogP contribution in [0.15, 0.2) is 47.1 Å². The first-order valence-corrected chi connectivity index (χ1v) is 8.22. The number of furan rings is 1. The van der Waals surface area contributed by atoms with E-state index < -0.39 is 0 Å². The summed E-state index contributed by atoms with van der Waals surface area (Å²) in [5, 5.41) is 0.959. The van der Waals surface area contributed by atoms with Gasteiger partial charge in [0.25, 0.3) is 5.91 Å². The Bertz CT molecular complexity index is 905. The number of fused-ring (bicyclic) bond motifs is 2. The molecule has 0 radical (unpaired) electrons. The number of nitrogens with zero attached hydrogens (tertiary/aromatic N) is 2. The second-order valence-electron chi connectivity index (χ2n) is 5.86. The van der Waals surface area contributed by atoms with Gasteiger partial charge in [-0.25, -0.2) is 4.98 Å². The van der Waals surface area contributed by atoms with E-state index in [0.29, 0.717) is 25.6 Å². The van der Waals surface area contributed by atoms with Gasteiger partial charge < -0.3 is 18.8 Å². The molecule has 1 amide bonds. The molecule has 0 atom stereocenters. The molecule has 0 saturated carbocycles. The molecule has 3 aromatic rings. The number of pyridine rings is 1. The highest BCUT2D eigenvalue weighted by atomic mass is 16.5. The van der Waals surface area contributed by atoms with E-state index in [1.54, 1.807) is 11.2 Å². The zero-order chi connectivity index (χ0) is 17.2. The minimum absolute atomic E-state index is 0.0246. The zero-order valence-electron chi connectivity index (χ0n) is 13.9. The highest BCUT2D eigenvalue weighted by Crippen LogP contribution is 2.28. The van der Waals surface area contributed by atoms with Crippen molar-refractivity contribution in [2.24, 2.45) is 0 Å². The fraction of sp³-hybridized carbons (Fsp3) is 0.263. The highest BCUT2D eigenvalue weighted by molar-refractivity contribution is 5.83. The molecule has 2 aromatic heterocycles. The molecule has 1 aliphatic rings. The van der Waals surface area contributed by atoms with E-state index in [1.807, 2.05) is 43.3 Å². The molecular weight excluding hydrogens is 320 g/mol. The molecule has 6 nitrogen and oxygen atoms in total. The summed E-state index contributed by atoms with van der Waals surface area (Å²) >= 11 is 0. The van der Waals surface area contributed by atoms with Gasteiger partial charge in [-0.1, -0.05) is 0 Å². The van der Waals surface area contributed by atoms with Crippen LogP contribution in [-0.4, -0.2) is 29.0 Å². The largest absolute Gasteiger partial charge is 0.494 e. The molecule has 0 N–H and O–H groups in total. The zero-order valence-corrected chi connectivity index (χ0v) is 13.9. The molecule has 4 rings (SSSR count). The maximum absolute atomic E-state index is 12.4. The van der Waals surface area contributed by atoms with Crippen LogP contribution in [0.4, 0.5) is 0 Å². The molecular formula is C19H18N2O4. The van der Waals surface area contributed by atoms with Gasteiger partial charge in [-0.15, -0.1) is 0 Å². The van der Waals surface area contributed by atoms with Crippen molar-refractivity contribution in [1.29, 1.82) is 0 Å². The van der Waals surface area contributed by atoms with Crippen LogP contribution in [-0.2, 0) is 17.9 Å². The van der Waals surface area contributed by atoms with E-state index in [0.717, 1.165) is 28.0 Å². The molecule has 25 heavy (non-hydrogen) atoms. The number of carbonyl (C=O) groups is 1. The lowest BCUT2D eigenvalue weighted by Gasteiger charge is -2.18. The van der Waals surface area contributed by atoms with Crippen LogP contribution in [0.25, 0.3) is 10.9 Å². The maximum atomic E-state index is 12.4. The minimum atomic E-state index is -0.0894. The predicted octanol–water partition coefficient (Wildman–Crippen LogP) is 3.15. The summed E-state index contributed by atoms with van der Waals surface area (Å²) in [6, 6.07) is 11.4. The van der Waals surface area contributed by atoms with Gasteiger partial charge in [-0.05, 0) is 43.3 Å². The van der Waals surface area contributed by atoms with Gasteiger partial charge in [-0.3, -0.25) is 4.79 Å². The van der Waals surface area contributed by atoms with Crippen LogP contribution in [0.2, 0.25) is 0 Å². The fourth-order valence-electron chi connectivity index (χ4n) is 2.93. The molecule has 0 spiro atoms. The van der Waals surface area contributed by atoms with Crippen molar-refractivity contribution in [3.05, 3.63) is 54.0 Å². The highest BCUT2D eigenvalue weighted by Gasteiger charge is 2.23. The Kier molecular flexibility index (Phi) is 4.01. The van der Waals surface area contributed by atoms with Crippen molar-refractivity contribution in [1.82, 2.24) is 9.88 Å². The molecule has 0 unspecified atom stereocenters. The van der Waals surface area contributed by atoms with Crippen molar-refractivity contribution in [2.45, 2.75) is 20.0 Å². The van der Waals surface area contributed by atoms with Crippen molar-refractivity contribution in [3.63, 3.8) is 0 Å². The Balaban J connectivity index is 1.68. The van der Waals surface area contributed by atoms with E-state index >= 15 is 0 Å². The van der Waals surface area contributed by atoms with Crippen LogP contribution in [0.5, 0.6) is 11.6 Å². The number of hydrogen-bond donors (Lipinski definition) is 0. The molecule has 0 saturated heterocycles. The summed E-state index contributed by atoms with van der Waals surface area (Å²) in [4.78, 5) is 18.6. The van der Waals surface area contributed by atoms with Crippen LogP contribution in [0.1, 0.15) is 18.2 Å². The summed E-state index contributed by atoms with van der Waals surface area (Å²) in [6.45, 7) is 3.37. The summed E-state index contributed by atoms with van der Waals surface area (Å²) in [5.41, 5.74) is 1.69. The molecule has 0 bridgehead atoms. The van der Waals surface area contributed by atoms with Gasteiger partial charge in [-0.2, -0.15) is 0 Å². The van der Waals surface area contributed by atoms with Crippen LogP contribution < -0.4 is 9.47 Å². The minimum Gasteiger partial charge on any atom is -0.494 e. The smallest absolute Gasteiger partial charge is 0.261 e. The third-order valence-corrected chi connectivity index (χ3v) is 4.11.